The van der Waals surface area contributed by atoms with Crippen molar-refractivity contribution in [3.05, 3.63) is 113 Å². The van der Waals surface area contributed by atoms with E-state index in [1.54, 1.807) is 14.2 Å². The van der Waals surface area contributed by atoms with Crippen molar-refractivity contribution in [2.45, 2.75) is 25.7 Å². The number of rotatable bonds is 11. The third-order valence-electron chi connectivity index (χ3n) is 6.04. The van der Waals surface area contributed by atoms with Gasteiger partial charge in [-0.1, -0.05) is 72.3 Å². The Morgan fingerprint density at radius 1 is 0.944 bits per heavy atom. The monoisotopic (exact) mass is 481 g/mol. The molecule has 0 spiro atoms. The molecule has 5 nitrogen and oxygen atoms in total. The molecule has 0 N–H and O–H groups in total. The topological polar surface area (TPSA) is 57.7 Å². The van der Waals surface area contributed by atoms with Gasteiger partial charge in [0.15, 0.2) is 11.5 Å². The average Bonchev–Trinajstić information content (AvgIpc) is 2.93. The maximum atomic E-state index is 12.7. The summed E-state index contributed by atoms with van der Waals surface area (Å²) in [5.41, 5.74) is 4.66. The Labute approximate surface area is 212 Å². The van der Waals surface area contributed by atoms with Crippen LogP contribution >= 0.6 is 0 Å². The number of benzene rings is 2. The van der Waals surface area contributed by atoms with Gasteiger partial charge in [0.1, 0.15) is 5.76 Å². The Morgan fingerprint density at radius 2 is 1.78 bits per heavy atom. The Morgan fingerprint density at radius 3 is 2.58 bits per heavy atom. The molecule has 5 heteroatoms. The minimum absolute atomic E-state index is 0.0679. The van der Waals surface area contributed by atoms with Crippen LogP contribution in [0.2, 0.25) is 0 Å². The fourth-order valence-electron chi connectivity index (χ4n) is 4.09. The molecule has 0 bridgehead atoms. The average molecular weight is 482 g/mol. The molecule has 184 valence electrons. The first-order valence-electron chi connectivity index (χ1n) is 12.1. The summed E-state index contributed by atoms with van der Waals surface area (Å²) in [6.07, 6.45) is 8.79. The number of Topliss-reactive ketones (excluding diaryl/α,β-unsaturated/α-hetero) is 1. The van der Waals surface area contributed by atoms with Crippen LogP contribution in [0.15, 0.2) is 102 Å². The molecule has 1 aromatic heterocycles. The van der Waals surface area contributed by atoms with Crippen LogP contribution in [-0.4, -0.2) is 31.6 Å². The fraction of sp³-hybridized carbons (Fsp3) is 0.226. The van der Waals surface area contributed by atoms with Gasteiger partial charge in [-0.25, -0.2) is 4.98 Å². The molecule has 3 aromatic rings. The summed E-state index contributed by atoms with van der Waals surface area (Å²) in [5.74, 6) is 2.29. The van der Waals surface area contributed by atoms with Gasteiger partial charge in [0.2, 0.25) is 5.88 Å². The lowest BCUT2D eigenvalue weighted by Gasteiger charge is -2.18. The van der Waals surface area contributed by atoms with E-state index >= 15 is 0 Å². The van der Waals surface area contributed by atoms with E-state index < -0.39 is 0 Å². The molecule has 0 radical (unpaired) electrons. The molecule has 1 heterocycles. The molecule has 4 rings (SSSR count). The maximum absolute atomic E-state index is 12.7. The van der Waals surface area contributed by atoms with Crippen molar-refractivity contribution in [3.63, 3.8) is 0 Å². The highest BCUT2D eigenvalue weighted by molar-refractivity contribution is 5.98. The SMILES string of the molecule is COC1=C(OC)CCC(CCOc2cccc(-c3cccc(C(=O)C/C=C/c4ccccc4)c3)n2)=C1. The molecule has 0 amide bonds. The number of methoxy groups -OCH3 is 2. The van der Waals surface area contributed by atoms with Crippen LogP contribution < -0.4 is 4.74 Å². The highest BCUT2D eigenvalue weighted by Crippen LogP contribution is 2.27. The standard InChI is InChI=1S/C31H31NO4/c1-34-29-18-17-24(21-30(29)35-2)19-20-36-31-16-8-14-27(32-31)25-12-7-13-26(22-25)28(33)15-6-11-23-9-4-3-5-10-23/h3-14,16,21-22H,15,17-20H2,1-2H3/b11-6+. The Bertz CT molecular complexity index is 1270. The maximum Gasteiger partial charge on any atom is 0.213 e. The molecule has 0 fully saturated rings. The van der Waals surface area contributed by atoms with Crippen molar-refractivity contribution >= 4 is 11.9 Å². The molecule has 1 aliphatic carbocycles. The van der Waals surface area contributed by atoms with Gasteiger partial charge in [-0.05, 0) is 30.2 Å². The summed E-state index contributed by atoms with van der Waals surface area (Å²) in [6, 6.07) is 23.3. The van der Waals surface area contributed by atoms with E-state index in [1.807, 2.05) is 91.0 Å². The minimum Gasteiger partial charge on any atom is -0.497 e. The van der Waals surface area contributed by atoms with Crippen LogP contribution in [-0.2, 0) is 9.47 Å². The molecule has 1 aliphatic rings. The normalized spacial score (nSPS) is 13.4. The lowest BCUT2D eigenvalue weighted by Crippen LogP contribution is -2.06. The Balaban J connectivity index is 1.36. The van der Waals surface area contributed by atoms with E-state index in [-0.39, 0.29) is 5.78 Å². The molecule has 0 saturated carbocycles. The van der Waals surface area contributed by atoms with Crippen LogP contribution in [0.4, 0.5) is 0 Å². The number of carbonyl (C=O) groups excluding carboxylic acids is 1. The number of ketones is 1. The van der Waals surface area contributed by atoms with E-state index in [2.05, 4.69) is 4.98 Å². The third-order valence-corrected chi connectivity index (χ3v) is 6.04. The summed E-state index contributed by atoms with van der Waals surface area (Å²) in [5, 5.41) is 0. The first-order chi connectivity index (χ1) is 17.7. The zero-order valence-corrected chi connectivity index (χ0v) is 20.8. The van der Waals surface area contributed by atoms with Crippen molar-refractivity contribution < 1.29 is 19.0 Å². The lowest BCUT2D eigenvalue weighted by atomic mass is 10.00. The lowest BCUT2D eigenvalue weighted by molar-refractivity contribution is 0.0996. The molecule has 2 aromatic carbocycles. The summed E-state index contributed by atoms with van der Waals surface area (Å²) in [4.78, 5) is 17.4. The number of hydrogen-bond donors (Lipinski definition) is 0. The zero-order chi connectivity index (χ0) is 25.2. The summed E-state index contributed by atoms with van der Waals surface area (Å²) in [6.45, 7) is 0.522. The molecule has 0 saturated heterocycles. The van der Waals surface area contributed by atoms with Gasteiger partial charge in [-0.2, -0.15) is 0 Å². The molecule has 0 aliphatic heterocycles. The van der Waals surface area contributed by atoms with Crippen molar-refractivity contribution in [2.75, 3.05) is 20.8 Å². The van der Waals surface area contributed by atoms with Gasteiger partial charge >= 0.3 is 0 Å². The van der Waals surface area contributed by atoms with Crippen molar-refractivity contribution in [1.82, 2.24) is 4.98 Å². The van der Waals surface area contributed by atoms with E-state index in [0.29, 0.717) is 24.5 Å². The second kappa shape index (κ2) is 12.5. The van der Waals surface area contributed by atoms with Crippen LogP contribution in [0.3, 0.4) is 0 Å². The first kappa shape index (κ1) is 25.0. The number of aromatic nitrogens is 1. The predicted octanol–water partition coefficient (Wildman–Crippen LogP) is 7.03. The molecular weight excluding hydrogens is 450 g/mol. The number of hydrogen-bond acceptors (Lipinski definition) is 5. The smallest absolute Gasteiger partial charge is 0.213 e. The van der Waals surface area contributed by atoms with E-state index in [1.165, 1.54) is 5.57 Å². The van der Waals surface area contributed by atoms with Crippen molar-refractivity contribution in [2.24, 2.45) is 0 Å². The fourth-order valence-corrected chi connectivity index (χ4v) is 4.09. The number of allylic oxidation sites excluding steroid dienone is 3. The van der Waals surface area contributed by atoms with Crippen LogP contribution in [0.1, 0.15) is 41.6 Å². The van der Waals surface area contributed by atoms with Crippen molar-refractivity contribution in [3.8, 4) is 17.1 Å². The van der Waals surface area contributed by atoms with Gasteiger partial charge in [0.05, 0.1) is 26.5 Å². The largest absolute Gasteiger partial charge is 0.497 e. The summed E-state index contributed by atoms with van der Waals surface area (Å²) < 4.78 is 16.7. The van der Waals surface area contributed by atoms with Gasteiger partial charge in [-0.3, -0.25) is 4.79 Å². The molecular formula is C31H31NO4. The van der Waals surface area contributed by atoms with Crippen LogP contribution in [0.5, 0.6) is 5.88 Å². The highest BCUT2D eigenvalue weighted by Gasteiger charge is 2.15. The molecule has 0 atom stereocenters. The molecule has 0 unspecified atom stereocenters. The second-order valence-corrected chi connectivity index (χ2v) is 8.48. The van der Waals surface area contributed by atoms with Gasteiger partial charge < -0.3 is 14.2 Å². The third kappa shape index (κ3) is 6.72. The number of pyridine rings is 1. The van der Waals surface area contributed by atoms with Gasteiger partial charge in [0, 0.05) is 36.5 Å². The Kier molecular flexibility index (Phi) is 8.71. The van der Waals surface area contributed by atoms with Gasteiger partial charge in [0.25, 0.3) is 0 Å². The summed E-state index contributed by atoms with van der Waals surface area (Å²) in [7, 11) is 3.33. The predicted molar refractivity (Wildman–Crippen MR) is 143 cm³/mol. The van der Waals surface area contributed by atoms with Crippen LogP contribution in [0, 0.1) is 0 Å². The first-order valence-corrected chi connectivity index (χ1v) is 12.1. The van der Waals surface area contributed by atoms with Crippen molar-refractivity contribution in [1.29, 1.82) is 0 Å². The second-order valence-electron chi connectivity index (χ2n) is 8.48. The molecule has 36 heavy (non-hydrogen) atoms. The highest BCUT2D eigenvalue weighted by atomic mass is 16.5. The minimum atomic E-state index is 0.0679. The quantitative estimate of drug-likeness (QED) is 0.275. The van der Waals surface area contributed by atoms with Gasteiger partial charge in [-0.15, -0.1) is 0 Å². The number of ether oxygens (including phenoxy) is 3. The Hall–Kier alpha value is -4.12. The van der Waals surface area contributed by atoms with Crippen LogP contribution in [0.25, 0.3) is 17.3 Å². The van der Waals surface area contributed by atoms with E-state index in [0.717, 1.165) is 47.6 Å². The zero-order valence-electron chi connectivity index (χ0n) is 20.8. The summed E-state index contributed by atoms with van der Waals surface area (Å²) >= 11 is 0. The van der Waals surface area contributed by atoms with E-state index in [9.17, 15) is 4.79 Å². The van der Waals surface area contributed by atoms with E-state index in [4.69, 9.17) is 14.2 Å². The number of nitrogens with zero attached hydrogens (tertiary/aromatic N) is 1. The number of carbonyl (C=O) groups is 1.